The molecule has 0 aromatic heterocycles. The van der Waals surface area contributed by atoms with Crippen LogP contribution in [-0.4, -0.2) is 0 Å². The van der Waals surface area contributed by atoms with Crippen LogP contribution < -0.4 is 9.47 Å². The summed E-state index contributed by atoms with van der Waals surface area (Å²) in [6.07, 6.45) is 0. The molecular formula is C28H26O2S2. The van der Waals surface area contributed by atoms with Gasteiger partial charge in [0.25, 0.3) is 0 Å². The van der Waals surface area contributed by atoms with E-state index >= 15 is 0 Å². The van der Waals surface area contributed by atoms with Gasteiger partial charge >= 0.3 is 0 Å². The number of benzene rings is 4. The van der Waals surface area contributed by atoms with Gasteiger partial charge in [-0.25, -0.2) is 0 Å². The molecule has 0 spiro atoms. The van der Waals surface area contributed by atoms with Crippen LogP contribution in [0.3, 0.4) is 0 Å². The first-order chi connectivity index (χ1) is 15.4. The van der Waals surface area contributed by atoms with Gasteiger partial charge in [0.2, 0.25) is 0 Å². The number of ether oxygens (including phenoxy) is 2. The molecule has 0 radical (unpaired) electrons. The van der Waals surface area contributed by atoms with Gasteiger partial charge in [0, 0.05) is 9.79 Å². The molecule has 0 fully saturated rings. The summed E-state index contributed by atoms with van der Waals surface area (Å²) < 4.78 is 12.0. The summed E-state index contributed by atoms with van der Waals surface area (Å²) in [5.74, 6) is 3.44. The van der Waals surface area contributed by atoms with Gasteiger partial charge in [-0.15, -0.1) is 0 Å². The minimum atomic E-state index is 0.845. The molecule has 0 unspecified atom stereocenters. The zero-order chi connectivity index (χ0) is 22.5. The van der Waals surface area contributed by atoms with E-state index in [0.29, 0.717) is 0 Å². The summed E-state index contributed by atoms with van der Waals surface area (Å²) in [6, 6.07) is 28.9. The minimum Gasteiger partial charge on any atom is -0.457 e. The first-order valence-electron chi connectivity index (χ1n) is 10.5. The SMILES string of the molecule is Cc1cc(C)cc(Oc2ccc(SSc3ccc(Oc4cc(C)cc(C)c4)cc3)cc2)c1. The van der Waals surface area contributed by atoms with E-state index in [1.165, 1.54) is 32.0 Å². The highest BCUT2D eigenvalue weighted by molar-refractivity contribution is 8.76. The predicted molar refractivity (Wildman–Crippen MR) is 137 cm³/mol. The lowest BCUT2D eigenvalue weighted by molar-refractivity contribution is 0.481. The van der Waals surface area contributed by atoms with E-state index in [1.54, 1.807) is 21.6 Å². The summed E-state index contributed by atoms with van der Waals surface area (Å²) in [6.45, 7) is 8.33. The molecule has 4 aromatic carbocycles. The Kier molecular flexibility index (Phi) is 7.13. The van der Waals surface area contributed by atoms with Crippen molar-refractivity contribution < 1.29 is 9.47 Å². The Labute approximate surface area is 198 Å². The van der Waals surface area contributed by atoms with Crippen molar-refractivity contribution in [2.24, 2.45) is 0 Å². The largest absolute Gasteiger partial charge is 0.457 e. The van der Waals surface area contributed by atoms with E-state index in [4.69, 9.17) is 9.47 Å². The summed E-state index contributed by atoms with van der Waals surface area (Å²) in [4.78, 5) is 2.36. The van der Waals surface area contributed by atoms with E-state index in [2.05, 4.69) is 88.4 Å². The maximum absolute atomic E-state index is 6.00. The maximum atomic E-state index is 6.00. The number of hydrogen-bond acceptors (Lipinski definition) is 4. The summed E-state index contributed by atoms with van der Waals surface area (Å²) in [5.41, 5.74) is 4.81. The van der Waals surface area contributed by atoms with Gasteiger partial charge in [-0.05, 0) is 123 Å². The van der Waals surface area contributed by atoms with Crippen molar-refractivity contribution in [3.05, 3.63) is 107 Å². The lowest BCUT2D eigenvalue weighted by Crippen LogP contribution is -1.86. The molecule has 0 bridgehead atoms. The molecule has 4 rings (SSSR count). The second-order valence-corrected chi connectivity index (χ2v) is 10.2. The fourth-order valence-corrected chi connectivity index (χ4v) is 5.41. The number of rotatable bonds is 7. The first-order valence-corrected chi connectivity index (χ1v) is 12.6. The Morgan fingerprint density at radius 1 is 0.406 bits per heavy atom. The second-order valence-electron chi connectivity index (χ2n) is 7.96. The molecule has 162 valence electrons. The van der Waals surface area contributed by atoms with E-state index in [0.717, 1.165) is 23.0 Å². The van der Waals surface area contributed by atoms with Crippen LogP contribution in [0.15, 0.2) is 94.7 Å². The monoisotopic (exact) mass is 458 g/mol. The predicted octanol–water partition coefficient (Wildman–Crippen LogP) is 9.30. The quantitative estimate of drug-likeness (QED) is 0.257. The standard InChI is InChI=1S/C28H26O2S2/c1-19-13-20(2)16-25(15-19)29-23-5-9-27(10-6-23)31-32-28-11-7-24(8-12-28)30-26-17-21(3)14-22(4)18-26/h5-18H,1-4H3. The van der Waals surface area contributed by atoms with E-state index in [1.807, 2.05) is 24.3 Å². The molecule has 0 saturated heterocycles. The third-order valence-corrected chi connectivity index (χ3v) is 7.16. The van der Waals surface area contributed by atoms with Gasteiger partial charge in [0.15, 0.2) is 0 Å². The summed E-state index contributed by atoms with van der Waals surface area (Å²) in [7, 11) is 3.45. The van der Waals surface area contributed by atoms with Crippen LogP contribution in [0.5, 0.6) is 23.0 Å². The lowest BCUT2D eigenvalue weighted by Gasteiger charge is -2.09. The molecule has 0 atom stereocenters. The molecule has 0 amide bonds. The Hall–Kier alpha value is -2.82. The highest BCUT2D eigenvalue weighted by Crippen LogP contribution is 2.39. The van der Waals surface area contributed by atoms with Gasteiger partial charge in [0.1, 0.15) is 23.0 Å². The van der Waals surface area contributed by atoms with Gasteiger partial charge in [-0.1, -0.05) is 33.7 Å². The molecule has 2 nitrogen and oxygen atoms in total. The Balaban J connectivity index is 1.32. The highest BCUT2D eigenvalue weighted by atomic mass is 33.1. The van der Waals surface area contributed by atoms with E-state index in [-0.39, 0.29) is 0 Å². The molecular weight excluding hydrogens is 432 g/mol. The Morgan fingerprint density at radius 3 is 1.03 bits per heavy atom. The Morgan fingerprint density at radius 2 is 0.719 bits per heavy atom. The Bertz CT molecular complexity index is 1060. The van der Waals surface area contributed by atoms with Crippen LogP contribution in [0.25, 0.3) is 0 Å². The topological polar surface area (TPSA) is 18.5 Å². The third kappa shape index (κ3) is 6.35. The van der Waals surface area contributed by atoms with E-state index < -0.39 is 0 Å². The first kappa shape index (κ1) is 22.4. The third-order valence-electron chi connectivity index (χ3n) is 4.74. The average molecular weight is 459 g/mol. The zero-order valence-corrected chi connectivity index (χ0v) is 20.3. The van der Waals surface area contributed by atoms with Crippen molar-refractivity contribution in [2.75, 3.05) is 0 Å². The van der Waals surface area contributed by atoms with Gasteiger partial charge in [0.05, 0.1) is 0 Å². The molecule has 0 aliphatic carbocycles. The normalized spacial score (nSPS) is 10.8. The smallest absolute Gasteiger partial charge is 0.127 e. The summed E-state index contributed by atoms with van der Waals surface area (Å²) >= 11 is 0. The lowest BCUT2D eigenvalue weighted by atomic mass is 10.1. The fraction of sp³-hybridized carbons (Fsp3) is 0.143. The molecule has 32 heavy (non-hydrogen) atoms. The van der Waals surface area contributed by atoms with Crippen LogP contribution in [0.1, 0.15) is 22.3 Å². The maximum Gasteiger partial charge on any atom is 0.127 e. The van der Waals surface area contributed by atoms with Gasteiger partial charge in [-0.2, -0.15) is 0 Å². The number of hydrogen-bond donors (Lipinski definition) is 0. The van der Waals surface area contributed by atoms with Crippen molar-refractivity contribution in [1.82, 2.24) is 0 Å². The van der Waals surface area contributed by atoms with Crippen LogP contribution in [-0.2, 0) is 0 Å². The van der Waals surface area contributed by atoms with Crippen molar-refractivity contribution >= 4 is 21.6 Å². The molecule has 0 aliphatic heterocycles. The number of aryl methyl sites for hydroxylation is 4. The molecule has 0 heterocycles. The molecule has 0 saturated carbocycles. The van der Waals surface area contributed by atoms with Crippen molar-refractivity contribution in [1.29, 1.82) is 0 Å². The van der Waals surface area contributed by atoms with Crippen LogP contribution in [0, 0.1) is 27.7 Å². The second kappa shape index (κ2) is 10.2. The van der Waals surface area contributed by atoms with Crippen LogP contribution >= 0.6 is 21.6 Å². The zero-order valence-electron chi connectivity index (χ0n) is 18.7. The van der Waals surface area contributed by atoms with Crippen molar-refractivity contribution in [2.45, 2.75) is 37.5 Å². The van der Waals surface area contributed by atoms with Gasteiger partial charge < -0.3 is 9.47 Å². The van der Waals surface area contributed by atoms with Crippen molar-refractivity contribution in [3.8, 4) is 23.0 Å². The molecule has 0 N–H and O–H groups in total. The van der Waals surface area contributed by atoms with Crippen molar-refractivity contribution in [3.63, 3.8) is 0 Å². The van der Waals surface area contributed by atoms with Crippen LogP contribution in [0.2, 0.25) is 0 Å². The molecule has 4 heteroatoms. The molecule has 0 aliphatic rings. The van der Waals surface area contributed by atoms with Crippen LogP contribution in [0.4, 0.5) is 0 Å². The molecule has 4 aromatic rings. The van der Waals surface area contributed by atoms with E-state index in [9.17, 15) is 0 Å². The highest BCUT2D eigenvalue weighted by Gasteiger charge is 2.04. The average Bonchev–Trinajstić information content (AvgIpc) is 2.73. The minimum absolute atomic E-state index is 0.845. The van der Waals surface area contributed by atoms with Gasteiger partial charge in [-0.3, -0.25) is 0 Å². The summed E-state index contributed by atoms with van der Waals surface area (Å²) in [5, 5.41) is 0. The fourth-order valence-electron chi connectivity index (χ4n) is 3.48.